The Morgan fingerprint density at radius 2 is 1.89 bits per heavy atom. The third-order valence-electron chi connectivity index (χ3n) is 3.33. The third-order valence-corrected chi connectivity index (χ3v) is 3.33. The fraction of sp³-hybridized carbons (Fsp3) is 0.538. The van der Waals surface area contributed by atoms with E-state index < -0.39 is 5.97 Å². The molecule has 104 valence electrons. The van der Waals surface area contributed by atoms with E-state index in [9.17, 15) is 4.79 Å². The van der Waals surface area contributed by atoms with Crippen molar-refractivity contribution in [1.82, 2.24) is 4.98 Å². The number of hydrogen-bond acceptors (Lipinski definition) is 5. The summed E-state index contributed by atoms with van der Waals surface area (Å²) in [6.07, 6.45) is -0.0545. The first-order chi connectivity index (χ1) is 9.05. The number of pyridine rings is 1. The summed E-state index contributed by atoms with van der Waals surface area (Å²) in [5, 5.41) is 9.08. The lowest BCUT2D eigenvalue weighted by Crippen LogP contribution is -2.27. The largest absolute Gasteiger partial charge is 0.478 e. The van der Waals surface area contributed by atoms with Gasteiger partial charge >= 0.3 is 5.97 Å². The van der Waals surface area contributed by atoms with Crippen LogP contribution in [0.15, 0.2) is 12.1 Å². The van der Waals surface area contributed by atoms with Gasteiger partial charge in [-0.25, -0.2) is 9.78 Å². The number of rotatable bonds is 4. The predicted octanol–water partition coefficient (Wildman–Crippen LogP) is 0.938. The highest BCUT2D eigenvalue weighted by Crippen LogP contribution is 2.23. The van der Waals surface area contributed by atoms with Crippen LogP contribution in [0.25, 0.3) is 0 Å². The normalized spacial score (nSPS) is 22.8. The molecule has 0 saturated carbocycles. The maximum atomic E-state index is 11.1. The van der Waals surface area contributed by atoms with Crippen LogP contribution in [0.2, 0.25) is 0 Å². The van der Waals surface area contributed by atoms with Crippen LogP contribution in [0.1, 0.15) is 16.1 Å². The summed E-state index contributed by atoms with van der Waals surface area (Å²) >= 11 is 0. The highest BCUT2D eigenvalue weighted by atomic mass is 16.5. The van der Waals surface area contributed by atoms with Crippen LogP contribution in [0.5, 0.6) is 0 Å². The molecule has 0 bridgehead atoms. The van der Waals surface area contributed by atoms with Gasteiger partial charge in [0.1, 0.15) is 18.0 Å². The molecule has 1 aromatic rings. The molecule has 2 atom stereocenters. The molecule has 2 rings (SSSR count). The first-order valence-corrected chi connectivity index (χ1v) is 6.07. The topological polar surface area (TPSA) is 71.9 Å². The van der Waals surface area contributed by atoms with Crippen LogP contribution in [-0.2, 0) is 9.47 Å². The molecule has 1 aliphatic heterocycles. The predicted molar refractivity (Wildman–Crippen MR) is 69.7 cm³/mol. The Morgan fingerprint density at radius 3 is 2.37 bits per heavy atom. The zero-order valence-electron chi connectivity index (χ0n) is 11.3. The van der Waals surface area contributed by atoms with Crippen molar-refractivity contribution in [2.45, 2.75) is 19.1 Å². The fourth-order valence-electron chi connectivity index (χ4n) is 2.32. The number of aromatic nitrogens is 1. The van der Waals surface area contributed by atoms with Gasteiger partial charge in [0.05, 0.1) is 5.56 Å². The van der Waals surface area contributed by atoms with E-state index in [1.807, 2.05) is 4.90 Å². The molecule has 6 heteroatoms. The highest BCUT2D eigenvalue weighted by molar-refractivity contribution is 5.88. The Kier molecular flexibility index (Phi) is 4.01. The van der Waals surface area contributed by atoms with Crippen molar-refractivity contribution in [2.24, 2.45) is 0 Å². The Labute approximate surface area is 112 Å². The lowest BCUT2D eigenvalue weighted by atomic mass is 10.2. The summed E-state index contributed by atoms with van der Waals surface area (Å²) in [7, 11) is 3.29. The third kappa shape index (κ3) is 2.85. The van der Waals surface area contributed by atoms with Crippen LogP contribution in [0.3, 0.4) is 0 Å². The summed E-state index contributed by atoms with van der Waals surface area (Å²) < 4.78 is 10.7. The molecule has 1 aliphatic rings. The van der Waals surface area contributed by atoms with E-state index >= 15 is 0 Å². The van der Waals surface area contributed by atoms with Crippen LogP contribution in [0.4, 0.5) is 5.82 Å². The summed E-state index contributed by atoms with van der Waals surface area (Å²) in [5.41, 5.74) is 0.932. The van der Waals surface area contributed by atoms with Gasteiger partial charge in [-0.1, -0.05) is 0 Å². The lowest BCUT2D eigenvalue weighted by Gasteiger charge is -2.17. The maximum Gasteiger partial charge on any atom is 0.335 e. The molecule has 0 aromatic carbocycles. The van der Waals surface area contributed by atoms with Gasteiger partial charge < -0.3 is 19.5 Å². The standard InChI is InChI=1S/C13H18N2O4/c1-8-4-9(13(16)17)5-12(14-8)15-6-10(18-2)11(7-15)19-3/h4-5,10-11H,6-7H2,1-3H3,(H,16,17). The van der Waals surface area contributed by atoms with Crippen molar-refractivity contribution in [3.63, 3.8) is 0 Å². The zero-order valence-corrected chi connectivity index (χ0v) is 11.3. The minimum Gasteiger partial charge on any atom is -0.478 e. The number of ether oxygens (including phenoxy) is 2. The maximum absolute atomic E-state index is 11.1. The van der Waals surface area contributed by atoms with Crippen molar-refractivity contribution in [3.05, 3.63) is 23.4 Å². The number of carboxylic acid groups (broad SMARTS) is 1. The van der Waals surface area contributed by atoms with Gasteiger partial charge in [0.25, 0.3) is 0 Å². The van der Waals surface area contributed by atoms with Crippen LogP contribution in [-0.4, -0.2) is 55.6 Å². The van der Waals surface area contributed by atoms with Crippen molar-refractivity contribution >= 4 is 11.8 Å². The van der Waals surface area contributed by atoms with E-state index in [-0.39, 0.29) is 17.8 Å². The molecule has 0 radical (unpaired) electrons. The molecule has 1 aromatic heterocycles. The number of aromatic carboxylic acids is 1. The van der Waals surface area contributed by atoms with Gasteiger partial charge in [0.2, 0.25) is 0 Å². The van der Waals surface area contributed by atoms with Crippen molar-refractivity contribution < 1.29 is 19.4 Å². The van der Waals surface area contributed by atoms with Crippen molar-refractivity contribution in [3.8, 4) is 0 Å². The second-order valence-electron chi connectivity index (χ2n) is 4.61. The van der Waals surface area contributed by atoms with Gasteiger partial charge in [-0.15, -0.1) is 0 Å². The summed E-state index contributed by atoms with van der Waals surface area (Å²) in [6, 6.07) is 3.14. The van der Waals surface area contributed by atoms with Crippen LogP contribution >= 0.6 is 0 Å². The van der Waals surface area contributed by atoms with E-state index in [4.69, 9.17) is 14.6 Å². The minimum absolute atomic E-state index is 0.0272. The number of aryl methyl sites for hydroxylation is 1. The smallest absolute Gasteiger partial charge is 0.335 e. The molecule has 2 heterocycles. The van der Waals surface area contributed by atoms with Crippen molar-refractivity contribution in [1.29, 1.82) is 0 Å². The Bertz CT molecular complexity index is 466. The molecular formula is C13H18N2O4. The molecule has 19 heavy (non-hydrogen) atoms. The molecule has 6 nitrogen and oxygen atoms in total. The monoisotopic (exact) mass is 266 g/mol. The fourth-order valence-corrected chi connectivity index (χ4v) is 2.32. The quantitative estimate of drug-likeness (QED) is 0.874. The Balaban J connectivity index is 2.25. The summed E-state index contributed by atoms with van der Waals surface area (Å²) in [6.45, 7) is 3.07. The number of carbonyl (C=O) groups is 1. The average Bonchev–Trinajstić information content (AvgIpc) is 2.81. The first kappa shape index (κ1) is 13.8. The average molecular weight is 266 g/mol. The molecule has 1 N–H and O–H groups in total. The highest BCUT2D eigenvalue weighted by Gasteiger charge is 2.33. The van der Waals surface area contributed by atoms with Crippen molar-refractivity contribution in [2.75, 3.05) is 32.2 Å². The molecule has 1 fully saturated rings. The number of hydrogen-bond donors (Lipinski definition) is 1. The van der Waals surface area contributed by atoms with E-state index in [0.717, 1.165) is 0 Å². The molecular weight excluding hydrogens is 248 g/mol. The van der Waals surface area contributed by atoms with Gasteiger partial charge in [0, 0.05) is 33.0 Å². The van der Waals surface area contributed by atoms with E-state index in [2.05, 4.69) is 4.98 Å². The summed E-state index contributed by atoms with van der Waals surface area (Å²) in [5.74, 6) is -0.295. The van der Waals surface area contributed by atoms with E-state index in [1.165, 1.54) is 0 Å². The van der Waals surface area contributed by atoms with Gasteiger partial charge in [-0.3, -0.25) is 0 Å². The molecule has 0 amide bonds. The Hall–Kier alpha value is -1.66. The number of methoxy groups -OCH3 is 2. The van der Waals surface area contributed by atoms with Gasteiger partial charge in [-0.2, -0.15) is 0 Å². The molecule has 2 unspecified atom stereocenters. The second-order valence-corrected chi connectivity index (χ2v) is 4.61. The second kappa shape index (κ2) is 5.54. The van der Waals surface area contributed by atoms with Gasteiger partial charge in [-0.05, 0) is 19.1 Å². The molecule has 1 saturated heterocycles. The molecule has 0 aliphatic carbocycles. The number of carboxylic acids is 1. The van der Waals surface area contributed by atoms with E-state index in [0.29, 0.717) is 24.6 Å². The summed E-state index contributed by atoms with van der Waals surface area (Å²) in [4.78, 5) is 17.4. The van der Waals surface area contributed by atoms with E-state index in [1.54, 1.807) is 33.3 Å². The Morgan fingerprint density at radius 1 is 1.32 bits per heavy atom. The molecule has 0 spiro atoms. The van der Waals surface area contributed by atoms with Gasteiger partial charge in [0.15, 0.2) is 0 Å². The zero-order chi connectivity index (χ0) is 14.0. The SMILES string of the molecule is COC1CN(c2cc(C(=O)O)cc(C)n2)CC1OC. The number of anilines is 1. The lowest BCUT2D eigenvalue weighted by molar-refractivity contribution is -0.00461. The van der Waals surface area contributed by atoms with Crippen LogP contribution in [0, 0.1) is 6.92 Å². The minimum atomic E-state index is -0.947. The van der Waals surface area contributed by atoms with Crippen LogP contribution < -0.4 is 4.90 Å². The first-order valence-electron chi connectivity index (χ1n) is 6.07. The number of nitrogens with zero attached hydrogens (tertiary/aromatic N) is 2.